The van der Waals surface area contributed by atoms with Crippen LogP contribution in [0.2, 0.25) is 5.02 Å². The van der Waals surface area contributed by atoms with Crippen LogP contribution >= 0.6 is 11.6 Å². The average molecular weight is 781 g/mol. The maximum Gasteiger partial charge on any atom is 0.343 e. The Labute approximate surface area is 326 Å². The molecule has 0 bridgehead atoms. The van der Waals surface area contributed by atoms with Crippen LogP contribution in [0.5, 0.6) is 23.0 Å². The number of esters is 4. The lowest BCUT2D eigenvalue weighted by molar-refractivity contribution is -0.141. The monoisotopic (exact) mass is 780 g/mol. The Hall–Kier alpha value is -5.17. The number of halogens is 1. The average Bonchev–Trinajstić information content (AvgIpc) is 3.19. The summed E-state index contributed by atoms with van der Waals surface area (Å²) >= 11 is 6.35. The predicted molar refractivity (Wildman–Crippen MR) is 206 cm³/mol. The highest BCUT2D eigenvalue weighted by molar-refractivity contribution is 6.32. The molecule has 0 saturated carbocycles. The molecule has 0 aromatic heterocycles. The molecule has 3 aromatic rings. The number of benzene rings is 3. The molecule has 0 amide bonds. The maximum absolute atomic E-state index is 12.8. The molecule has 2 unspecified atom stereocenters. The summed E-state index contributed by atoms with van der Waals surface area (Å²) in [6.45, 7) is 7.54. The number of hydrogen-bond acceptors (Lipinski definition) is 12. The third-order valence-electron chi connectivity index (χ3n) is 8.07. The molecule has 296 valence electrons. The summed E-state index contributed by atoms with van der Waals surface area (Å²) in [5.41, 5.74) is 0.601. The van der Waals surface area contributed by atoms with Crippen molar-refractivity contribution in [3.8, 4) is 23.0 Å². The molecule has 0 radical (unpaired) electrons. The lowest BCUT2D eigenvalue weighted by Crippen LogP contribution is -2.17. The Morgan fingerprint density at radius 2 is 1.00 bits per heavy atom. The van der Waals surface area contributed by atoms with E-state index in [1.54, 1.807) is 48.5 Å². The van der Waals surface area contributed by atoms with Gasteiger partial charge in [0.1, 0.15) is 36.2 Å². The van der Waals surface area contributed by atoms with Crippen LogP contribution in [-0.4, -0.2) is 72.7 Å². The molecule has 0 heterocycles. The minimum Gasteiger partial charge on any atom is -0.494 e. The number of hydrogen-bond donors (Lipinski definition) is 2. The van der Waals surface area contributed by atoms with Crippen LogP contribution in [0.1, 0.15) is 84.9 Å². The van der Waals surface area contributed by atoms with Gasteiger partial charge >= 0.3 is 23.9 Å². The van der Waals surface area contributed by atoms with Gasteiger partial charge in [-0.25, -0.2) is 19.2 Å². The van der Waals surface area contributed by atoms with E-state index in [-0.39, 0.29) is 29.7 Å². The van der Waals surface area contributed by atoms with Crippen molar-refractivity contribution < 1.29 is 57.8 Å². The van der Waals surface area contributed by atoms with Crippen LogP contribution in [0.3, 0.4) is 0 Å². The largest absolute Gasteiger partial charge is 0.494 e. The van der Waals surface area contributed by atoms with E-state index in [0.29, 0.717) is 48.7 Å². The van der Waals surface area contributed by atoms with Gasteiger partial charge in [0.2, 0.25) is 0 Å². The first-order chi connectivity index (χ1) is 26.6. The van der Waals surface area contributed by atoms with Crippen LogP contribution in [0.15, 0.2) is 92.0 Å². The Bertz CT molecular complexity index is 1670. The van der Waals surface area contributed by atoms with E-state index in [2.05, 4.69) is 13.2 Å². The number of aliphatic hydroxyl groups excluding tert-OH is 2. The Balaban J connectivity index is 1.31. The van der Waals surface area contributed by atoms with Crippen molar-refractivity contribution >= 4 is 35.5 Å². The zero-order valence-corrected chi connectivity index (χ0v) is 31.6. The second-order valence-electron chi connectivity index (χ2n) is 12.5. The highest BCUT2D eigenvalue weighted by Gasteiger charge is 2.15. The van der Waals surface area contributed by atoms with E-state index in [1.165, 1.54) is 18.2 Å². The molecule has 2 N–H and O–H groups in total. The van der Waals surface area contributed by atoms with Crippen molar-refractivity contribution in [1.82, 2.24) is 0 Å². The summed E-state index contributed by atoms with van der Waals surface area (Å²) in [5.74, 6) is -0.840. The molecule has 3 rings (SSSR count). The second-order valence-corrected chi connectivity index (χ2v) is 12.9. The zero-order valence-electron chi connectivity index (χ0n) is 30.8. The number of ether oxygens (including phenoxy) is 6. The smallest absolute Gasteiger partial charge is 0.343 e. The van der Waals surface area contributed by atoms with Crippen molar-refractivity contribution in [3.63, 3.8) is 0 Å². The minimum atomic E-state index is -0.692. The SMILES string of the molecule is C=CC(=O)OCC(O)CCCCCCOc1ccc(C(=O)Oc2ccc(OC(=O)c3ccc(OCCCCCCC(O)COC(=O)C=C)cc3)c(Cl)c2)cc1. The Morgan fingerprint density at radius 1 is 0.582 bits per heavy atom. The summed E-state index contributed by atoms with van der Waals surface area (Å²) in [7, 11) is 0. The van der Waals surface area contributed by atoms with Crippen molar-refractivity contribution in [1.29, 1.82) is 0 Å². The van der Waals surface area contributed by atoms with Gasteiger partial charge in [0.15, 0.2) is 0 Å². The van der Waals surface area contributed by atoms with Gasteiger partial charge in [-0.3, -0.25) is 0 Å². The highest BCUT2D eigenvalue weighted by Crippen LogP contribution is 2.30. The van der Waals surface area contributed by atoms with Crippen LogP contribution < -0.4 is 18.9 Å². The molecule has 0 aliphatic heterocycles. The van der Waals surface area contributed by atoms with E-state index in [1.807, 2.05) is 0 Å². The second kappa shape index (κ2) is 25.0. The molecule has 0 aliphatic rings. The lowest BCUT2D eigenvalue weighted by atomic mass is 10.1. The summed E-state index contributed by atoms with van der Waals surface area (Å²) in [6.07, 6.45) is 8.67. The number of aliphatic hydroxyl groups is 2. The zero-order chi connectivity index (χ0) is 39.8. The van der Waals surface area contributed by atoms with Crippen molar-refractivity contribution in [2.24, 2.45) is 0 Å². The molecule has 0 saturated heterocycles. The van der Waals surface area contributed by atoms with Gasteiger partial charge in [-0.1, -0.05) is 63.3 Å². The Morgan fingerprint density at radius 3 is 1.44 bits per heavy atom. The summed E-state index contributed by atoms with van der Waals surface area (Å²) < 4.78 is 32.1. The first-order valence-corrected chi connectivity index (χ1v) is 18.6. The molecule has 13 heteroatoms. The fourth-order valence-corrected chi connectivity index (χ4v) is 5.23. The van der Waals surface area contributed by atoms with Gasteiger partial charge in [0.25, 0.3) is 0 Å². The van der Waals surface area contributed by atoms with Gasteiger partial charge in [0.05, 0.1) is 41.6 Å². The first kappa shape index (κ1) is 44.2. The molecule has 55 heavy (non-hydrogen) atoms. The van der Waals surface area contributed by atoms with Crippen LogP contribution in [-0.2, 0) is 19.1 Å². The van der Waals surface area contributed by atoms with E-state index in [0.717, 1.165) is 63.5 Å². The number of rotatable bonds is 26. The highest BCUT2D eigenvalue weighted by atomic mass is 35.5. The molecule has 0 fully saturated rings. The summed E-state index contributed by atoms with van der Waals surface area (Å²) in [6, 6.07) is 17.4. The molecular formula is C42H49ClO12. The van der Waals surface area contributed by atoms with E-state index in [4.69, 9.17) is 40.0 Å². The number of unbranched alkanes of at least 4 members (excludes halogenated alkanes) is 6. The topological polar surface area (TPSA) is 164 Å². The van der Waals surface area contributed by atoms with E-state index < -0.39 is 36.1 Å². The number of carbonyl (C=O) groups excluding carboxylic acids is 4. The fraction of sp³-hybridized carbons (Fsp3) is 0.381. The van der Waals surface area contributed by atoms with Crippen molar-refractivity contribution in [3.05, 3.63) is 108 Å². The molecular weight excluding hydrogens is 732 g/mol. The van der Waals surface area contributed by atoms with Crippen molar-refractivity contribution in [2.75, 3.05) is 26.4 Å². The first-order valence-electron chi connectivity index (χ1n) is 18.2. The third-order valence-corrected chi connectivity index (χ3v) is 8.36. The molecule has 0 spiro atoms. The Kier molecular flexibility index (Phi) is 20.1. The summed E-state index contributed by atoms with van der Waals surface area (Å²) in [4.78, 5) is 47.6. The van der Waals surface area contributed by atoms with Crippen LogP contribution in [0, 0.1) is 0 Å². The maximum atomic E-state index is 12.8. The van der Waals surface area contributed by atoms with Gasteiger partial charge < -0.3 is 38.6 Å². The van der Waals surface area contributed by atoms with E-state index >= 15 is 0 Å². The van der Waals surface area contributed by atoms with Crippen molar-refractivity contribution in [2.45, 2.75) is 76.4 Å². The quantitative estimate of drug-likeness (QED) is 0.0355. The van der Waals surface area contributed by atoms with Crippen LogP contribution in [0.25, 0.3) is 0 Å². The van der Waals surface area contributed by atoms with Gasteiger partial charge in [0, 0.05) is 18.2 Å². The van der Waals surface area contributed by atoms with Gasteiger partial charge in [-0.2, -0.15) is 0 Å². The normalized spacial score (nSPS) is 11.8. The lowest BCUT2D eigenvalue weighted by Gasteiger charge is -2.11. The molecule has 2 atom stereocenters. The molecule has 3 aromatic carbocycles. The third kappa shape index (κ3) is 17.7. The van der Waals surface area contributed by atoms with E-state index in [9.17, 15) is 29.4 Å². The van der Waals surface area contributed by atoms with Gasteiger partial charge in [-0.05, 0) is 86.3 Å². The molecule has 0 aliphatic carbocycles. The summed E-state index contributed by atoms with van der Waals surface area (Å²) in [5, 5.41) is 19.8. The number of carbonyl (C=O) groups is 4. The molecule has 12 nitrogen and oxygen atoms in total. The minimum absolute atomic E-state index is 0.0373. The standard InChI is InChI=1S/C42H49ClO12/c1-3-39(46)52-28-32(44)13-9-5-7-11-25-50-34-19-15-30(16-20-34)41(48)54-36-23-24-38(37(43)27-36)55-42(49)31-17-21-35(22-18-31)51-26-12-8-6-10-14-33(45)29-53-40(47)4-2/h3-4,15-24,27,32-33,44-45H,1-2,5-14,25-26,28-29H2. The van der Waals surface area contributed by atoms with Crippen LogP contribution in [0.4, 0.5) is 0 Å². The predicted octanol–water partition coefficient (Wildman–Crippen LogP) is 7.62. The fourth-order valence-electron chi connectivity index (χ4n) is 5.02. The van der Waals surface area contributed by atoms with Gasteiger partial charge in [-0.15, -0.1) is 0 Å².